The van der Waals surface area contributed by atoms with Crippen LogP contribution in [0.15, 0.2) is 4.52 Å². The van der Waals surface area contributed by atoms with Gasteiger partial charge in [0.15, 0.2) is 5.82 Å². The van der Waals surface area contributed by atoms with E-state index in [2.05, 4.69) is 10.1 Å². The van der Waals surface area contributed by atoms with Gasteiger partial charge in [-0.15, -0.1) is 0 Å². The summed E-state index contributed by atoms with van der Waals surface area (Å²) in [6.45, 7) is 4.93. The van der Waals surface area contributed by atoms with Crippen LogP contribution in [0.4, 0.5) is 0 Å². The van der Waals surface area contributed by atoms with Gasteiger partial charge in [-0.25, -0.2) is 0 Å². The molecule has 0 fully saturated rings. The molecule has 1 aromatic rings. The molecule has 15 heavy (non-hydrogen) atoms. The van der Waals surface area contributed by atoms with Gasteiger partial charge in [-0.05, 0) is 13.3 Å². The maximum atomic E-state index is 9.53. The highest BCUT2D eigenvalue weighted by Crippen LogP contribution is 2.06. The van der Waals surface area contributed by atoms with Crippen molar-refractivity contribution in [2.24, 2.45) is 0 Å². The Hall–Kier alpha value is -0.940. The molecule has 0 saturated heterocycles. The van der Waals surface area contributed by atoms with Gasteiger partial charge in [-0.2, -0.15) is 4.98 Å². The maximum Gasteiger partial charge on any atom is 0.229 e. The van der Waals surface area contributed by atoms with E-state index in [1.54, 1.807) is 0 Å². The second-order valence-electron chi connectivity index (χ2n) is 3.39. The summed E-state index contributed by atoms with van der Waals surface area (Å²) < 4.78 is 10.1. The molecular weight excluding hydrogens is 196 g/mol. The average molecular weight is 214 g/mol. The van der Waals surface area contributed by atoms with Crippen LogP contribution in [0.2, 0.25) is 0 Å². The van der Waals surface area contributed by atoms with Crippen molar-refractivity contribution in [3.63, 3.8) is 0 Å². The minimum absolute atomic E-state index is 0.365. The van der Waals surface area contributed by atoms with E-state index in [1.165, 1.54) is 0 Å². The number of hydrogen-bond donors (Lipinski definition) is 1. The summed E-state index contributed by atoms with van der Waals surface area (Å²) >= 11 is 0. The summed E-state index contributed by atoms with van der Waals surface area (Å²) in [6.07, 6.45) is 1.73. The normalized spacial score (nSPS) is 13.0. The summed E-state index contributed by atoms with van der Waals surface area (Å²) in [5.74, 6) is 1.02. The van der Waals surface area contributed by atoms with Crippen molar-refractivity contribution in [1.29, 1.82) is 0 Å². The van der Waals surface area contributed by atoms with Gasteiger partial charge in [0.25, 0.3) is 0 Å². The minimum atomic E-state index is -0.393. The molecule has 1 unspecified atom stereocenters. The molecule has 0 radical (unpaired) electrons. The van der Waals surface area contributed by atoms with Gasteiger partial charge in [0.05, 0.1) is 12.5 Å². The van der Waals surface area contributed by atoms with Crippen molar-refractivity contribution < 1.29 is 14.4 Å². The fourth-order valence-electron chi connectivity index (χ4n) is 1.26. The van der Waals surface area contributed by atoms with Gasteiger partial charge in [0.1, 0.15) is 6.61 Å². The Bertz CT molecular complexity index is 275. The van der Waals surface area contributed by atoms with Crippen molar-refractivity contribution in [2.75, 3.05) is 6.61 Å². The predicted molar refractivity (Wildman–Crippen MR) is 54.2 cm³/mol. The lowest BCUT2D eigenvalue weighted by Gasteiger charge is -2.03. The van der Waals surface area contributed by atoms with E-state index in [-0.39, 0.29) is 0 Å². The first-order chi connectivity index (χ1) is 7.26. The zero-order chi connectivity index (χ0) is 11.1. The molecule has 1 aromatic heterocycles. The van der Waals surface area contributed by atoms with Crippen LogP contribution in [0, 0.1) is 0 Å². The van der Waals surface area contributed by atoms with Crippen molar-refractivity contribution in [2.45, 2.75) is 45.8 Å². The molecule has 0 aliphatic carbocycles. The van der Waals surface area contributed by atoms with E-state index >= 15 is 0 Å². The van der Waals surface area contributed by atoms with Crippen molar-refractivity contribution in [3.8, 4) is 0 Å². The molecule has 5 nitrogen and oxygen atoms in total. The van der Waals surface area contributed by atoms with E-state index in [9.17, 15) is 5.11 Å². The highest BCUT2D eigenvalue weighted by molar-refractivity contribution is 4.86. The van der Waals surface area contributed by atoms with E-state index in [0.717, 1.165) is 12.8 Å². The quantitative estimate of drug-likeness (QED) is 0.741. The van der Waals surface area contributed by atoms with Crippen LogP contribution in [0.1, 0.15) is 38.4 Å². The lowest BCUT2D eigenvalue weighted by Crippen LogP contribution is -2.10. The van der Waals surface area contributed by atoms with Gasteiger partial charge in [0.2, 0.25) is 5.89 Å². The highest BCUT2D eigenvalue weighted by Gasteiger charge is 2.11. The summed E-state index contributed by atoms with van der Waals surface area (Å²) in [6, 6.07) is 0. The van der Waals surface area contributed by atoms with Gasteiger partial charge >= 0.3 is 0 Å². The van der Waals surface area contributed by atoms with Crippen LogP contribution in [0.25, 0.3) is 0 Å². The Morgan fingerprint density at radius 1 is 1.47 bits per heavy atom. The molecule has 1 N–H and O–H groups in total. The third-order valence-electron chi connectivity index (χ3n) is 1.98. The number of aliphatic hydroxyl groups excluding tert-OH is 1. The fraction of sp³-hybridized carbons (Fsp3) is 0.800. The lowest BCUT2D eigenvalue weighted by atomic mass is 10.1. The predicted octanol–water partition coefficient (Wildman–Crippen LogP) is 1.31. The van der Waals surface area contributed by atoms with E-state index in [4.69, 9.17) is 9.26 Å². The molecule has 0 spiro atoms. The summed E-state index contributed by atoms with van der Waals surface area (Å²) in [5.41, 5.74) is 0. The third-order valence-corrected chi connectivity index (χ3v) is 1.98. The molecule has 0 aliphatic rings. The third kappa shape index (κ3) is 4.40. The summed E-state index contributed by atoms with van der Waals surface area (Å²) in [7, 11) is 0. The largest absolute Gasteiger partial charge is 0.393 e. The molecule has 0 amide bonds. The number of ether oxygens (including phenoxy) is 1. The van der Waals surface area contributed by atoms with Crippen LogP contribution >= 0.6 is 0 Å². The molecule has 1 atom stereocenters. The Labute approximate surface area is 89.4 Å². The highest BCUT2D eigenvalue weighted by atomic mass is 16.5. The molecule has 1 rings (SSSR count). The molecule has 0 aromatic carbocycles. The smallest absolute Gasteiger partial charge is 0.229 e. The molecule has 0 saturated carbocycles. The Kier molecular flexibility index (Phi) is 5.28. The zero-order valence-electron chi connectivity index (χ0n) is 9.27. The van der Waals surface area contributed by atoms with Crippen LogP contribution in [0.3, 0.4) is 0 Å². The molecule has 5 heteroatoms. The Morgan fingerprint density at radius 2 is 2.27 bits per heavy atom. The van der Waals surface area contributed by atoms with Gasteiger partial charge in [-0.1, -0.05) is 18.5 Å². The van der Waals surface area contributed by atoms with E-state index in [0.29, 0.717) is 31.3 Å². The second kappa shape index (κ2) is 6.53. The number of hydrogen-bond acceptors (Lipinski definition) is 5. The first-order valence-electron chi connectivity index (χ1n) is 5.33. The topological polar surface area (TPSA) is 68.4 Å². The Balaban J connectivity index is 2.38. The first-order valence-corrected chi connectivity index (χ1v) is 5.33. The fourth-order valence-corrected chi connectivity index (χ4v) is 1.26. The van der Waals surface area contributed by atoms with Crippen LogP contribution in [0.5, 0.6) is 0 Å². The lowest BCUT2D eigenvalue weighted by molar-refractivity contribution is 0.126. The van der Waals surface area contributed by atoms with Gasteiger partial charge in [-0.3, -0.25) is 0 Å². The maximum absolute atomic E-state index is 9.53. The number of nitrogens with zero attached hydrogens (tertiary/aromatic N) is 2. The number of aromatic nitrogens is 2. The van der Waals surface area contributed by atoms with Crippen LogP contribution < -0.4 is 0 Å². The Morgan fingerprint density at radius 3 is 2.93 bits per heavy atom. The number of rotatable bonds is 7. The van der Waals surface area contributed by atoms with E-state index < -0.39 is 6.10 Å². The van der Waals surface area contributed by atoms with Crippen molar-refractivity contribution in [1.82, 2.24) is 10.1 Å². The standard InChI is InChI=1S/C10H18N2O3/c1-3-5-8(13)6-10-11-9(12-15-10)7-14-4-2/h8,13H,3-7H2,1-2H3. The summed E-state index contributed by atoms with van der Waals surface area (Å²) in [4.78, 5) is 4.11. The molecule has 86 valence electrons. The van der Waals surface area contributed by atoms with Gasteiger partial charge < -0.3 is 14.4 Å². The van der Waals surface area contributed by atoms with Crippen molar-refractivity contribution in [3.05, 3.63) is 11.7 Å². The molecular formula is C10H18N2O3. The first kappa shape index (κ1) is 12.1. The SMILES string of the molecule is CCCC(O)Cc1nc(COCC)no1. The van der Waals surface area contributed by atoms with Crippen molar-refractivity contribution >= 4 is 0 Å². The second-order valence-corrected chi connectivity index (χ2v) is 3.39. The minimum Gasteiger partial charge on any atom is -0.393 e. The van der Waals surface area contributed by atoms with Crippen LogP contribution in [-0.2, 0) is 17.8 Å². The zero-order valence-corrected chi connectivity index (χ0v) is 9.27. The van der Waals surface area contributed by atoms with Crippen LogP contribution in [-0.4, -0.2) is 28.0 Å². The molecule has 0 bridgehead atoms. The average Bonchev–Trinajstić information content (AvgIpc) is 2.63. The molecule has 0 aliphatic heterocycles. The monoisotopic (exact) mass is 214 g/mol. The van der Waals surface area contributed by atoms with E-state index in [1.807, 2.05) is 13.8 Å². The molecule has 1 heterocycles. The number of aliphatic hydroxyl groups is 1. The van der Waals surface area contributed by atoms with Gasteiger partial charge in [0, 0.05) is 6.61 Å². The summed E-state index contributed by atoms with van der Waals surface area (Å²) in [5, 5.41) is 13.3.